The minimum absolute atomic E-state index is 0.212. The number of hydrogen-bond donors (Lipinski definition) is 0. The van der Waals surface area contributed by atoms with E-state index < -0.39 is 0 Å². The fraction of sp³-hybridized carbons (Fsp3) is 0.357. The minimum atomic E-state index is 0.212. The van der Waals surface area contributed by atoms with Crippen molar-refractivity contribution >= 4 is 29.0 Å². The van der Waals surface area contributed by atoms with Gasteiger partial charge in [-0.25, -0.2) is 9.67 Å². The van der Waals surface area contributed by atoms with Gasteiger partial charge in [-0.1, -0.05) is 30.1 Å². The van der Waals surface area contributed by atoms with Gasteiger partial charge in [0.1, 0.15) is 5.78 Å². The molecule has 6 heteroatoms. The zero-order valence-electron chi connectivity index (χ0n) is 11.4. The molecule has 0 unspecified atom stereocenters. The summed E-state index contributed by atoms with van der Waals surface area (Å²) in [5, 5.41) is 5.43. The Hall–Kier alpha value is -1.39. The van der Waals surface area contributed by atoms with Crippen molar-refractivity contribution in [1.29, 1.82) is 0 Å². The fourth-order valence-electron chi connectivity index (χ4n) is 1.88. The summed E-state index contributed by atoms with van der Waals surface area (Å²) in [6.07, 6.45) is 1.56. The molecule has 0 aliphatic carbocycles. The van der Waals surface area contributed by atoms with E-state index in [9.17, 15) is 4.79 Å². The molecule has 0 radical (unpaired) electrons. The van der Waals surface area contributed by atoms with Crippen molar-refractivity contribution in [2.45, 2.75) is 26.2 Å². The lowest BCUT2D eigenvalue weighted by molar-refractivity contribution is -0.118. The van der Waals surface area contributed by atoms with Gasteiger partial charge in [-0.3, -0.25) is 4.79 Å². The monoisotopic (exact) mass is 311 g/mol. The Kier molecular flexibility index (Phi) is 4.78. The summed E-state index contributed by atoms with van der Waals surface area (Å²) >= 11 is 12.1. The van der Waals surface area contributed by atoms with Gasteiger partial charge in [0.25, 0.3) is 0 Å². The number of rotatable bonds is 5. The number of aryl methyl sites for hydroxylation is 2. The maximum Gasteiger partial charge on any atom is 0.159 e. The maximum absolute atomic E-state index is 11.3. The molecule has 0 spiro atoms. The predicted molar refractivity (Wildman–Crippen MR) is 80.1 cm³/mol. The quantitative estimate of drug-likeness (QED) is 0.846. The molecule has 1 heterocycles. The van der Waals surface area contributed by atoms with Gasteiger partial charge in [-0.2, -0.15) is 5.10 Å². The SMILES string of the molecule is CCC(=O)CCc1nc(-c2ccc(Cl)cc2Cl)n(C)n1. The lowest BCUT2D eigenvalue weighted by Crippen LogP contribution is -1.99. The molecule has 0 fully saturated rings. The number of ketones is 1. The fourth-order valence-corrected chi connectivity index (χ4v) is 2.37. The van der Waals surface area contributed by atoms with E-state index in [1.807, 2.05) is 13.0 Å². The van der Waals surface area contributed by atoms with Gasteiger partial charge in [0.05, 0.1) is 5.02 Å². The summed E-state index contributed by atoms with van der Waals surface area (Å²) in [5.41, 5.74) is 0.777. The second-order valence-corrected chi connectivity index (χ2v) is 5.34. The van der Waals surface area contributed by atoms with Crippen LogP contribution in [-0.2, 0) is 18.3 Å². The van der Waals surface area contributed by atoms with Crippen LogP contribution in [0, 0.1) is 0 Å². The first-order valence-corrected chi connectivity index (χ1v) is 7.14. The van der Waals surface area contributed by atoms with Crippen LogP contribution in [0.3, 0.4) is 0 Å². The number of aromatic nitrogens is 3. The van der Waals surface area contributed by atoms with Gasteiger partial charge in [-0.05, 0) is 18.2 Å². The topological polar surface area (TPSA) is 47.8 Å². The molecular formula is C14H15Cl2N3O. The van der Waals surface area contributed by atoms with Crippen LogP contribution in [0.4, 0.5) is 0 Å². The van der Waals surface area contributed by atoms with Gasteiger partial charge < -0.3 is 0 Å². The second kappa shape index (κ2) is 6.37. The summed E-state index contributed by atoms with van der Waals surface area (Å²) in [4.78, 5) is 15.8. The van der Waals surface area contributed by atoms with Crippen LogP contribution in [0.25, 0.3) is 11.4 Å². The molecule has 0 saturated heterocycles. The summed E-state index contributed by atoms with van der Waals surface area (Å²) in [6, 6.07) is 5.25. The third-order valence-corrected chi connectivity index (χ3v) is 3.55. The largest absolute Gasteiger partial charge is 0.300 e. The normalized spacial score (nSPS) is 10.8. The average molecular weight is 312 g/mol. The number of carbonyl (C=O) groups excluding carboxylic acids is 1. The summed E-state index contributed by atoms with van der Waals surface area (Å²) in [7, 11) is 1.80. The zero-order chi connectivity index (χ0) is 14.7. The molecule has 0 atom stereocenters. The number of nitrogens with zero attached hydrogens (tertiary/aromatic N) is 3. The van der Waals surface area contributed by atoms with Crippen LogP contribution >= 0.6 is 23.2 Å². The second-order valence-electron chi connectivity index (χ2n) is 4.49. The number of hydrogen-bond acceptors (Lipinski definition) is 3. The van der Waals surface area contributed by atoms with Crippen LogP contribution in [0.2, 0.25) is 10.0 Å². The molecule has 1 aromatic carbocycles. The molecule has 2 aromatic rings. The molecule has 0 N–H and O–H groups in total. The van der Waals surface area contributed by atoms with Gasteiger partial charge in [0.2, 0.25) is 0 Å². The zero-order valence-corrected chi connectivity index (χ0v) is 12.9. The highest BCUT2D eigenvalue weighted by atomic mass is 35.5. The lowest BCUT2D eigenvalue weighted by Gasteiger charge is -2.03. The first-order valence-electron chi connectivity index (χ1n) is 6.38. The van der Waals surface area contributed by atoms with Crippen molar-refractivity contribution in [3.63, 3.8) is 0 Å². The van der Waals surface area contributed by atoms with Crippen molar-refractivity contribution in [3.8, 4) is 11.4 Å². The van der Waals surface area contributed by atoms with Crippen LogP contribution < -0.4 is 0 Å². The average Bonchev–Trinajstić information content (AvgIpc) is 2.77. The molecule has 0 bridgehead atoms. The lowest BCUT2D eigenvalue weighted by atomic mass is 10.2. The smallest absolute Gasteiger partial charge is 0.159 e. The van der Waals surface area contributed by atoms with E-state index in [1.165, 1.54) is 0 Å². The standard InChI is InChI=1S/C14H15Cl2N3O/c1-3-10(20)5-7-13-17-14(19(2)18-13)11-6-4-9(15)8-12(11)16/h4,6,8H,3,5,7H2,1-2H3. The molecule has 1 aromatic heterocycles. The number of Topliss-reactive ketones (excluding diaryl/α,β-unsaturated/α-hetero) is 1. The highest BCUT2D eigenvalue weighted by Crippen LogP contribution is 2.28. The number of halogens is 2. The Morgan fingerprint density at radius 2 is 2.10 bits per heavy atom. The Balaban J connectivity index is 2.25. The Labute approximate surface area is 127 Å². The van der Waals surface area contributed by atoms with Gasteiger partial charge in [0.15, 0.2) is 11.6 Å². The third-order valence-electron chi connectivity index (χ3n) is 3.00. The highest BCUT2D eigenvalue weighted by molar-refractivity contribution is 6.36. The van der Waals surface area contributed by atoms with E-state index in [0.717, 1.165) is 5.56 Å². The third kappa shape index (κ3) is 3.38. The molecule has 0 aliphatic heterocycles. The molecule has 2 rings (SSSR count). The molecule has 4 nitrogen and oxygen atoms in total. The molecular weight excluding hydrogens is 297 g/mol. The van der Waals surface area contributed by atoms with Crippen LogP contribution in [0.1, 0.15) is 25.6 Å². The summed E-state index contributed by atoms with van der Waals surface area (Å²) in [5.74, 6) is 1.53. The predicted octanol–water partition coefficient (Wildman–Crippen LogP) is 3.70. The Bertz CT molecular complexity index is 637. The molecule has 0 saturated carbocycles. The van der Waals surface area contributed by atoms with Crippen LogP contribution in [-0.4, -0.2) is 20.5 Å². The first kappa shape index (κ1) is 15.0. The van der Waals surface area contributed by atoms with Gasteiger partial charge in [-0.15, -0.1) is 0 Å². The molecule has 0 aliphatic rings. The molecule has 106 valence electrons. The van der Waals surface area contributed by atoms with E-state index in [0.29, 0.717) is 41.0 Å². The Morgan fingerprint density at radius 1 is 1.35 bits per heavy atom. The van der Waals surface area contributed by atoms with Crippen LogP contribution in [0.5, 0.6) is 0 Å². The highest BCUT2D eigenvalue weighted by Gasteiger charge is 2.13. The van der Waals surface area contributed by atoms with Crippen molar-refractivity contribution in [2.24, 2.45) is 7.05 Å². The summed E-state index contributed by atoms with van der Waals surface area (Å²) < 4.78 is 1.67. The van der Waals surface area contributed by atoms with Crippen molar-refractivity contribution < 1.29 is 4.79 Å². The molecule has 0 amide bonds. The first-order chi connectivity index (χ1) is 9.51. The van der Waals surface area contributed by atoms with E-state index in [1.54, 1.807) is 23.9 Å². The van der Waals surface area contributed by atoms with Crippen LogP contribution in [0.15, 0.2) is 18.2 Å². The van der Waals surface area contributed by atoms with Gasteiger partial charge >= 0.3 is 0 Å². The number of benzene rings is 1. The van der Waals surface area contributed by atoms with E-state index in [4.69, 9.17) is 23.2 Å². The van der Waals surface area contributed by atoms with Gasteiger partial charge in [0, 0.05) is 36.9 Å². The molecule has 20 heavy (non-hydrogen) atoms. The van der Waals surface area contributed by atoms with Crippen molar-refractivity contribution in [2.75, 3.05) is 0 Å². The summed E-state index contributed by atoms with van der Waals surface area (Å²) in [6.45, 7) is 1.85. The maximum atomic E-state index is 11.3. The minimum Gasteiger partial charge on any atom is -0.300 e. The van der Waals surface area contributed by atoms with E-state index in [-0.39, 0.29) is 5.78 Å². The van der Waals surface area contributed by atoms with Crippen molar-refractivity contribution in [1.82, 2.24) is 14.8 Å². The van der Waals surface area contributed by atoms with E-state index >= 15 is 0 Å². The number of carbonyl (C=O) groups is 1. The Morgan fingerprint density at radius 3 is 2.75 bits per heavy atom. The van der Waals surface area contributed by atoms with Crippen molar-refractivity contribution in [3.05, 3.63) is 34.1 Å². The van der Waals surface area contributed by atoms with E-state index in [2.05, 4.69) is 10.1 Å².